The Morgan fingerprint density at radius 3 is 2.28 bits per heavy atom. The van der Waals surface area contributed by atoms with E-state index in [0.29, 0.717) is 0 Å². The van der Waals surface area contributed by atoms with Crippen molar-refractivity contribution >= 4 is 15.5 Å². The molecular weight excluding hydrogens is 260 g/mol. The van der Waals surface area contributed by atoms with Gasteiger partial charge in [-0.15, -0.1) is 0 Å². The quantitative estimate of drug-likeness (QED) is 0.778. The van der Waals surface area contributed by atoms with Crippen molar-refractivity contribution in [2.24, 2.45) is 0 Å². The Morgan fingerprint density at radius 2 is 1.78 bits per heavy atom. The summed E-state index contributed by atoms with van der Waals surface area (Å²) in [4.78, 5) is -0.350. The van der Waals surface area contributed by atoms with Crippen LogP contribution in [0.25, 0.3) is 0 Å². The summed E-state index contributed by atoms with van der Waals surface area (Å²) in [6, 6.07) is 5.40. The molecule has 0 aliphatic rings. The van der Waals surface area contributed by atoms with Crippen molar-refractivity contribution < 1.29 is 17.2 Å². The van der Waals surface area contributed by atoms with E-state index in [1.54, 1.807) is 0 Å². The summed E-state index contributed by atoms with van der Waals surface area (Å²) in [6.45, 7) is 2.89. The van der Waals surface area contributed by atoms with E-state index in [1.807, 2.05) is 0 Å². The molecule has 0 aliphatic heterocycles. The highest BCUT2D eigenvalue weighted by Crippen LogP contribution is 2.20. The summed E-state index contributed by atoms with van der Waals surface area (Å²) in [5, 5.41) is 3.11. The van der Waals surface area contributed by atoms with Crippen LogP contribution >= 0.6 is 0 Å². The van der Waals surface area contributed by atoms with Gasteiger partial charge in [0.05, 0.1) is 4.90 Å². The molecule has 0 bridgehead atoms. The molecule has 1 N–H and O–H groups in total. The van der Waals surface area contributed by atoms with Gasteiger partial charge in [-0.25, -0.2) is 8.42 Å². The van der Waals surface area contributed by atoms with Gasteiger partial charge in [-0.2, -0.15) is 8.78 Å². The van der Waals surface area contributed by atoms with Crippen LogP contribution in [0.4, 0.5) is 14.5 Å². The molecule has 0 heterocycles. The lowest BCUT2D eigenvalue weighted by atomic mass is 10.2. The maximum atomic E-state index is 12.3. The zero-order valence-electron chi connectivity index (χ0n) is 10.2. The van der Waals surface area contributed by atoms with E-state index in [0.717, 1.165) is 31.5 Å². The predicted octanol–water partition coefficient (Wildman–Crippen LogP) is 3.29. The Balaban J connectivity index is 2.63. The van der Waals surface area contributed by atoms with E-state index in [4.69, 9.17) is 0 Å². The molecule has 0 aliphatic carbocycles. The van der Waals surface area contributed by atoms with Crippen LogP contribution in [0, 0.1) is 0 Å². The van der Waals surface area contributed by atoms with E-state index < -0.39 is 15.6 Å². The van der Waals surface area contributed by atoms with Crippen LogP contribution in [0.15, 0.2) is 29.2 Å². The molecule has 102 valence electrons. The van der Waals surface area contributed by atoms with Crippen molar-refractivity contribution in [3.05, 3.63) is 24.3 Å². The monoisotopic (exact) mass is 277 g/mol. The molecule has 1 rings (SSSR count). The molecule has 0 spiro atoms. The lowest BCUT2D eigenvalue weighted by Crippen LogP contribution is -2.11. The van der Waals surface area contributed by atoms with Crippen molar-refractivity contribution in [1.29, 1.82) is 0 Å². The number of hydrogen-bond donors (Lipinski definition) is 1. The molecule has 0 radical (unpaired) electrons. The number of rotatable bonds is 7. The number of nitrogens with one attached hydrogen (secondary N) is 1. The highest BCUT2D eigenvalue weighted by atomic mass is 32.2. The maximum Gasteiger partial charge on any atom is 0.341 e. The molecule has 18 heavy (non-hydrogen) atoms. The van der Waals surface area contributed by atoms with Crippen molar-refractivity contribution in [3.8, 4) is 0 Å². The fourth-order valence-corrected chi connectivity index (χ4v) is 2.19. The third-order valence-electron chi connectivity index (χ3n) is 2.53. The third-order valence-corrected chi connectivity index (χ3v) is 3.93. The maximum absolute atomic E-state index is 12.3. The topological polar surface area (TPSA) is 46.2 Å². The first kappa shape index (κ1) is 14.9. The highest BCUT2D eigenvalue weighted by Gasteiger charge is 2.26. The fourth-order valence-electron chi connectivity index (χ4n) is 1.47. The van der Waals surface area contributed by atoms with Gasteiger partial charge in [0.15, 0.2) is 0 Å². The first-order valence-electron chi connectivity index (χ1n) is 5.84. The second-order valence-corrected chi connectivity index (χ2v) is 5.88. The summed E-state index contributed by atoms with van der Waals surface area (Å²) in [5.74, 6) is -3.37. The normalized spacial score (nSPS) is 11.8. The Bertz CT molecular complexity index is 457. The van der Waals surface area contributed by atoms with Crippen LogP contribution in [0.5, 0.6) is 0 Å². The second kappa shape index (κ2) is 6.68. The van der Waals surface area contributed by atoms with E-state index >= 15 is 0 Å². The molecule has 0 fully saturated rings. The zero-order valence-corrected chi connectivity index (χ0v) is 11.0. The van der Waals surface area contributed by atoms with Crippen LogP contribution in [0.2, 0.25) is 0 Å². The number of unbranched alkanes of at least 4 members (excludes halogenated alkanes) is 2. The summed E-state index contributed by atoms with van der Waals surface area (Å²) in [5.41, 5.74) is 0.735. The van der Waals surface area contributed by atoms with E-state index in [-0.39, 0.29) is 4.90 Å². The summed E-state index contributed by atoms with van der Waals surface area (Å²) >= 11 is 0. The van der Waals surface area contributed by atoms with Crippen LogP contribution in [0.1, 0.15) is 26.2 Å². The van der Waals surface area contributed by atoms with Gasteiger partial charge in [-0.1, -0.05) is 19.8 Å². The Morgan fingerprint density at radius 1 is 1.17 bits per heavy atom. The zero-order chi connectivity index (χ0) is 13.6. The first-order chi connectivity index (χ1) is 8.48. The molecule has 0 saturated heterocycles. The average Bonchev–Trinajstić information content (AvgIpc) is 2.35. The Labute approximate surface area is 106 Å². The smallest absolute Gasteiger partial charge is 0.341 e. The largest absolute Gasteiger partial charge is 0.385 e. The molecule has 0 aromatic heterocycles. The lowest BCUT2D eigenvalue weighted by molar-refractivity contribution is 0.234. The SMILES string of the molecule is CCCCCNc1ccc(S(=O)(=O)C(F)F)cc1. The minimum Gasteiger partial charge on any atom is -0.385 e. The molecule has 0 saturated carbocycles. The number of halogens is 2. The number of sulfone groups is 1. The van der Waals surface area contributed by atoms with Gasteiger partial charge >= 0.3 is 5.76 Å². The van der Waals surface area contributed by atoms with Gasteiger partial charge in [-0.05, 0) is 30.7 Å². The molecule has 0 amide bonds. The minimum atomic E-state index is -4.48. The standard InChI is InChI=1S/C12H17F2NO2S/c1-2-3-4-9-15-10-5-7-11(8-6-10)18(16,17)12(13)14/h5-8,12,15H,2-4,9H2,1H3. The van der Waals surface area contributed by atoms with Crippen molar-refractivity contribution in [2.75, 3.05) is 11.9 Å². The third kappa shape index (κ3) is 3.94. The van der Waals surface area contributed by atoms with Gasteiger partial charge < -0.3 is 5.32 Å². The predicted molar refractivity (Wildman–Crippen MR) is 67.6 cm³/mol. The minimum absolute atomic E-state index is 0.350. The Hall–Kier alpha value is -1.17. The van der Waals surface area contributed by atoms with Crippen molar-refractivity contribution in [3.63, 3.8) is 0 Å². The molecular formula is C12H17F2NO2S. The highest BCUT2D eigenvalue weighted by molar-refractivity contribution is 7.91. The van der Waals surface area contributed by atoms with Gasteiger partial charge in [0.1, 0.15) is 0 Å². The van der Waals surface area contributed by atoms with Gasteiger partial charge in [0.25, 0.3) is 0 Å². The first-order valence-corrected chi connectivity index (χ1v) is 7.39. The molecule has 0 unspecified atom stereocenters. The molecule has 3 nitrogen and oxygen atoms in total. The lowest BCUT2D eigenvalue weighted by Gasteiger charge is -2.07. The summed E-state index contributed by atoms with van der Waals surface area (Å²) in [6.07, 6.45) is 3.26. The number of benzene rings is 1. The average molecular weight is 277 g/mol. The second-order valence-electron chi connectivity index (χ2n) is 3.96. The van der Waals surface area contributed by atoms with Gasteiger partial charge in [-0.3, -0.25) is 0 Å². The van der Waals surface area contributed by atoms with E-state index in [1.165, 1.54) is 24.3 Å². The number of alkyl halides is 2. The van der Waals surface area contributed by atoms with Gasteiger partial charge in [0, 0.05) is 12.2 Å². The van der Waals surface area contributed by atoms with Crippen LogP contribution in [0.3, 0.4) is 0 Å². The van der Waals surface area contributed by atoms with Crippen LogP contribution in [-0.4, -0.2) is 20.7 Å². The Kier molecular flexibility index (Phi) is 5.53. The number of hydrogen-bond acceptors (Lipinski definition) is 3. The summed E-state index contributed by atoms with van der Waals surface area (Å²) in [7, 11) is -4.48. The van der Waals surface area contributed by atoms with Gasteiger partial charge in [0.2, 0.25) is 9.84 Å². The van der Waals surface area contributed by atoms with Crippen LogP contribution in [-0.2, 0) is 9.84 Å². The molecule has 1 aromatic carbocycles. The summed E-state index contributed by atoms with van der Waals surface area (Å²) < 4.78 is 46.9. The van der Waals surface area contributed by atoms with E-state index in [9.17, 15) is 17.2 Å². The van der Waals surface area contributed by atoms with Crippen molar-refractivity contribution in [1.82, 2.24) is 0 Å². The van der Waals surface area contributed by atoms with Crippen molar-refractivity contribution in [2.45, 2.75) is 36.8 Å². The number of anilines is 1. The molecule has 6 heteroatoms. The van der Waals surface area contributed by atoms with E-state index in [2.05, 4.69) is 12.2 Å². The molecule has 0 atom stereocenters. The van der Waals surface area contributed by atoms with Crippen LogP contribution < -0.4 is 5.32 Å². The molecule has 1 aromatic rings. The fraction of sp³-hybridized carbons (Fsp3) is 0.500.